The summed E-state index contributed by atoms with van der Waals surface area (Å²) < 4.78 is 2.70. The smallest absolute Gasteiger partial charge is 0.128 e. The number of hydrogen-bond donors (Lipinski definition) is 0. The number of nitrogens with zero attached hydrogens (tertiary/aromatic N) is 1. The molecule has 0 saturated carbocycles. The molecule has 0 bridgehead atoms. The Hall–Kier alpha value is -0.863. The lowest BCUT2D eigenvalue weighted by molar-refractivity contribution is 0.428. The minimum atomic E-state index is -1.47. The third-order valence-corrected chi connectivity index (χ3v) is 10.00. The molecule has 2 heteroatoms. The van der Waals surface area contributed by atoms with Gasteiger partial charge in [-0.25, -0.2) is 0 Å². The van der Waals surface area contributed by atoms with Crippen LogP contribution in [0, 0.1) is 0 Å². The standard InChI is InChI=1S/C17H29NSi/c1-7-8-14-18(19(5,6)17(2,3)4)15-16-12-10-9-11-13-16/h7-13H,14-15H2,1-6H3. The minimum absolute atomic E-state index is 0.378. The third-order valence-electron chi connectivity index (χ3n) is 4.40. The summed E-state index contributed by atoms with van der Waals surface area (Å²) in [6.45, 7) is 16.3. The van der Waals surface area contributed by atoms with Crippen LogP contribution in [0.1, 0.15) is 33.3 Å². The average molecular weight is 276 g/mol. The van der Waals surface area contributed by atoms with E-state index in [1.54, 1.807) is 0 Å². The van der Waals surface area contributed by atoms with E-state index in [0.29, 0.717) is 5.04 Å². The molecule has 0 amide bonds. The van der Waals surface area contributed by atoms with Crippen molar-refractivity contribution >= 4 is 8.24 Å². The predicted octanol–water partition coefficient (Wildman–Crippen LogP) is 5.07. The fourth-order valence-electron chi connectivity index (χ4n) is 2.00. The molecule has 1 nitrogen and oxygen atoms in total. The van der Waals surface area contributed by atoms with Crippen molar-refractivity contribution in [1.82, 2.24) is 4.57 Å². The summed E-state index contributed by atoms with van der Waals surface area (Å²) in [4.78, 5) is 0. The predicted molar refractivity (Wildman–Crippen MR) is 88.9 cm³/mol. The zero-order chi connectivity index (χ0) is 14.5. The molecule has 0 aromatic heterocycles. The Morgan fingerprint density at radius 2 is 1.68 bits per heavy atom. The first kappa shape index (κ1) is 16.2. The SMILES string of the molecule is CC=CCN(Cc1ccccc1)[Si](C)(C)C(C)(C)C. The highest BCUT2D eigenvalue weighted by Crippen LogP contribution is 2.38. The van der Waals surface area contributed by atoms with Crippen molar-refractivity contribution < 1.29 is 0 Å². The Kier molecular flexibility index (Phi) is 5.57. The van der Waals surface area contributed by atoms with Crippen LogP contribution in [0.15, 0.2) is 42.5 Å². The van der Waals surface area contributed by atoms with Gasteiger partial charge in [-0.1, -0.05) is 76.3 Å². The summed E-state index contributed by atoms with van der Waals surface area (Å²) >= 11 is 0. The molecule has 0 radical (unpaired) electrons. The van der Waals surface area contributed by atoms with Crippen molar-refractivity contribution in [2.45, 2.75) is 52.4 Å². The van der Waals surface area contributed by atoms with Crippen molar-refractivity contribution in [3.05, 3.63) is 48.0 Å². The van der Waals surface area contributed by atoms with Crippen LogP contribution in [-0.4, -0.2) is 19.3 Å². The maximum Gasteiger partial charge on any atom is 0.128 e. The molecule has 0 saturated heterocycles. The molecule has 0 aliphatic rings. The molecule has 0 unspecified atom stereocenters. The van der Waals surface area contributed by atoms with Gasteiger partial charge < -0.3 is 4.57 Å². The first-order chi connectivity index (χ1) is 8.79. The minimum Gasteiger partial charge on any atom is -0.316 e. The monoisotopic (exact) mass is 275 g/mol. The lowest BCUT2D eigenvalue weighted by Crippen LogP contribution is -2.54. The van der Waals surface area contributed by atoms with E-state index in [4.69, 9.17) is 0 Å². The van der Waals surface area contributed by atoms with Crippen LogP contribution in [0.4, 0.5) is 0 Å². The van der Waals surface area contributed by atoms with Gasteiger partial charge in [-0.15, -0.1) is 0 Å². The van der Waals surface area contributed by atoms with Crippen LogP contribution in [0.5, 0.6) is 0 Å². The summed E-state index contributed by atoms with van der Waals surface area (Å²) in [5, 5.41) is 0.378. The van der Waals surface area contributed by atoms with Crippen molar-refractivity contribution in [1.29, 1.82) is 0 Å². The highest BCUT2D eigenvalue weighted by molar-refractivity contribution is 6.77. The van der Waals surface area contributed by atoms with Crippen LogP contribution in [0.2, 0.25) is 18.1 Å². The van der Waals surface area contributed by atoms with E-state index in [-0.39, 0.29) is 0 Å². The van der Waals surface area contributed by atoms with Crippen LogP contribution >= 0.6 is 0 Å². The van der Waals surface area contributed by atoms with Crippen molar-refractivity contribution in [3.63, 3.8) is 0 Å². The Morgan fingerprint density at radius 3 is 2.16 bits per heavy atom. The number of rotatable bonds is 5. The normalized spacial score (nSPS) is 13.4. The number of hydrogen-bond acceptors (Lipinski definition) is 1. The topological polar surface area (TPSA) is 3.24 Å². The highest BCUT2D eigenvalue weighted by Gasteiger charge is 2.40. The van der Waals surface area contributed by atoms with E-state index in [9.17, 15) is 0 Å². The summed E-state index contributed by atoms with van der Waals surface area (Å²) in [6.07, 6.45) is 4.44. The van der Waals surface area contributed by atoms with Crippen LogP contribution in [0.25, 0.3) is 0 Å². The quantitative estimate of drug-likeness (QED) is 0.535. The largest absolute Gasteiger partial charge is 0.316 e. The number of allylic oxidation sites excluding steroid dienone is 1. The Bertz CT molecular complexity index is 401. The molecule has 0 spiro atoms. The molecule has 106 valence electrons. The van der Waals surface area contributed by atoms with Gasteiger partial charge in [0.05, 0.1) is 0 Å². The van der Waals surface area contributed by atoms with Crippen LogP contribution in [-0.2, 0) is 6.54 Å². The molecular weight excluding hydrogens is 246 g/mol. The first-order valence-corrected chi connectivity index (χ1v) is 10.1. The van der Waals surface area contributed by atoms with Crippen molar-refractivity contribution in [2.75, 3.05) is 6.54 Å². The maximum atomic E-state index is 2.70. The fourth-order valence-corrected chi connectivity index (χ4v) is 4.09. The third kappa shape index (κ3) is 4.32. The second kappa shape index (κ2) is 6.53. The van der Waals surface area contributed by atoms with E-state index >= 15 is 0 Å². The van der Waals surface area contributed by atoms with Gasteiger partial charge in [0.2, 0.25) is 0 Å². The highest BCUT2D eigenvalue weighted by atomic mass is 28.3. The summed E-state index contributed by atoms with van der Waals surface area (Å²) in [5.41, 5.74) is 1.41. The molecule has 1 aromatic carbocycles. The molecule has 0 heterocycles. The molecule has 1 rings (SSSR count). The van der Waals surface area contributed by atoms with Crippen molar-refractivity contribution in [2.24, 2.45) is 0 Å². The van der Waals surface area contributed by atoms with Gasteiger partial charge in [0.25, 0.3) is 0 Å². The van der Waals surface area contributed by atoms with Gasteiger partial charge >= 0.3 is 0 Å². The van der Waals surface area contributed by atoms with E-state index in [1.165, 1.54) is 5.56 Å². The zero-order valence-electron chi connectivity index (χ0n) is 13.4. The lowest BCUT2D eigenvalue weighted by atomic mass is 10.2. The van der Waals surface area contributed by atoms with Crippen molar-refractivity contribution in [3.8, 4) is 0 Å². The van der Waals surface area contributed by atoms with Gasteiger partial charge in [-0.05, 0) is 17.5 Å². The van der Waals surface area contributed by atoms with Crippen LogP contribution in [0.3, 0.4) is 0 Å². The van der Waals surface area contributed by atoms with Gasteiger partial charge in [0, 0.05) is 13.1 Å². The summed E-state index contributed by atoms with van der Waals surface area (Å²) in [6, 6.07) is 10.8. The average Bonchev–Trinajstić information content (AvgIpc) is 2.34. The van der Waals surface area contributed by atoms with Gasteiger partial charge in [-0.2, -0.15) is 0 Å². The Labute approximate surface area is 120 Å². The van der Waals surface area contributed by atoms with E-state index in [0.717, 1.165) is 13.1 Å². The molecule has 0 N–H and O–H groups in total. The molecule has 0 aliphatic carbocycles. The van der Waals surface area contributed by atoms with Gasteiger partial charge in [-0.3, -0.25) is 0 Å². The Balaban J connectivity index is 2.95. The lowest BCUT2D eigenvalue weighted by Gasteiger charge is -2.45. The van der Waals surface area contributed by atoms with Gasteiger partial charge in [0.1, 0.15) is 8.24 Å². The number of benzene rings is 1. The molecule has 0 atom stereocenters. The first-order valence-electron chi connectivity index (χ1n) is 7.19. The van der Waals surface area contributed by atoms with E-state index in [1.807, 2.05) is 0 Å². The molecular formula is C17H29NSi. The summed E-state index contributed by atoms with van der Waals surface area (Å²) in [5.74, 6) is 0. The Morgan fingerprint density at radius 1 is 1.11 bits per heavy atom. The molecule has 19 heavy (non-hydrogen) atoms. The maximum absolute atomic E-state index is 2.70. The van der Waals surface area contributed by atoms with Crippen LogP contribution < -0.4 is 0 Å². The molecule has 1 aromatic rings. The second-order valence-corrected chi connectivity index (χ2v) is 12.0. The molecule has 0 aliphatic heterocycles. The fraction of sp³-hybridized carbons (Fsp3) is 0.529. The van der Waals surface area contributed by atoms with Gasteiger partial charge in [0.15, 0.2) is 0 Å². The summed E-state index contributed by atoms with van der Waals surface area (Å²) in [7, 11) is -1.47. The zero-order valence-corrected chi connectivity index (χ0v) is 14.4. The van der Waals surface area contributed by atoms with E-state index in [2.05, 4.69) is 87.8 Å². The second-order valence-electron chi connectivity index (χ2n) is 6.74. The van der Waals surface area contributed by atoms with E-state index < -0.39 is 8.24 Å². The molecule has 0 fully saturated rings.